The molecular formula is C22H23N3O3. The second-order valence-electron chi connectivity index (χ2n) is 7.40. The molecule has 1 amide bonds. The van der Waals surface area contributed by atoms with Crippen LogP contribution in [0.2, 0.25) is 0 Å². The number of amides is 1. The third kappa shape index (κ3) is 4.22. The zero-order valence-electron chi connectivity index (χ0n) is 15.8. The van der Waals surface area contributed by atoms with Crippen LogP contribution < -0.4 is 10.9 Å². The number of hydrogen-bond acceptors (Lipinski definition) is 4. The van der Waals surface area contributed by atoms with Gasteiger partial charge in [0.25, 0.3) is 5.56 Å². The second-order valence-corrected chi connectivity index (χ2v) is 7.40. The van der Waals surface area contributed by atoms with Crippen molar-refractivity contribution in [3.8, 4) is 11.3 Å². The lowest BCUT2D eigenvalue weighted by Gasteiger charge is -2.35. The normalized spacial score (nSPS) is 18.5. The van der Waals surface area contributed by atoms with Gasteiger partial charge in [0.05, 0.1) is 12.0 Å². The highest BCUT2D eigenvalue weighted by molar-refractivity contribution is 5.76. The van der Waals surface area contributed by atoms with Crippen molar-refractivity contribution in [1.82, 2.24) is 15.3 Å². The van der Waals surface area contributed by atoms with E-state index >= 15 is 0 Å². The predicted molar refractivity (Wildman–Crippen MR) is 106 cm³/mol. The van der Waals surface area contributed by atoms with Crippen LogP contribution in [0.15, 0.2) is 58.0 Å². The lowest BCUT2D eigenvalue weighted by molar-refractivity contribution is -0.122. The molecule has 0 saturated heterocycles. The molecule has 6 nitrogen and oxygen atoms in total. The van der Waals surface area contributed by atoms with Crippen molar-refractivity contribution in [2.75, 3.05) is 0 Å². The van der Waals surface area contributed by atoms with Gasteiger partial charge in [0, 0.05) is 36.4 Å². The third-order valence-corrected chi connectivity index (χ3v) is 5.22. The SMILES string of the molecule is Cc1ccc(-c2ccc(CCC(=O)NC3CC(c4cc(=O)[nH]cn4)C3)o2)cc1. The summed E-state index contributed by atoms with van der Waals surface area (Å²) in [5.74, 6) is 1.90. The highest BCUT2D eigenvalue weighted by atomic mass is 16.3. The van der Waals surface area contributed by atoms with Gasteiger partial charge in [-0.1, -0.05) is 29.8 Å². The maximum Gasteiger partial charge on any atom is 0.250 e. The molecule has 2 N–H and O–H groups in total. The summed E-state index contributed by atoms with van der Waals surface area (Å²) < 4.78 is 5.87. The van der Waals surface area contributed by atoms with E-state index in [4.69, 9.17) is 4.42 Å². The molecule has 144 valence electrons. The van der Waals surface area contributed by atoms with E-state index in [9.17, 15) is 9.59 Å². The zero-order chi connectivity index (χ0) is 19.5. The molecule has 0 atom stereocenters. The van der Waals surface area contributed by atoms with Crippen LogP contribution in [0.1, 0.15) is 42.2 Å². The maximum absolute atomic E-state index is 12.2. The smallest absolute Gasteiger partial charge is 0.250 e. The van der Waals surface area contributed by atoms with Crippen molar-refractivity contribution in [2.45, 2.75) is 44.6 Å². The van der Waals surface area contributed by atoms with Crippen LogP contribution >= 0.6 is 0 Å². The molecule has 4 rings (SSSR count). The summed E-state index contributed by atoms with van der Waals surface area (Å²) in [7, 11) is 0. The van der Waals surface area contributed by atoms with Crippen LogP contribution in [0.4, 0.5) is 0 Å². The Morgan fingerprint density at radius 1 is 1.21 bits per heavy atom. The molecule has 0 spiro atoms. The molecule has 2 heterocycles. The van der Waals surface area contributed by atoms with Crippen LogP contribution in [0.5, 0.6) is 0 Å². The van der Waals surface area contributed by atoms with E-state index in [1.54, 1.807) is 0 Å². The number of H-pyrrole nitrogens is 1. The van der Waals surface area contributed by atoms with Gasteiger partial charge in [-0.3, -0.25) is 9.59 Å². The quantitative estimate of drug-likeness (QED) is 0.690. The first kappa shape index (κ1) is 18.2. The monoisotopic (exact) mass is 377 g/mol. The lowest BCUT2D eigenvalue weighted by atomic mass is 9.78. The van der Waals surface area contributed by atoms with E-state index in [0.29, 0.717) is 12.8 Å². The van der Waals surface area contributed by atoms with Gasteiger partial charge < -0.3 is 14.7 Å². The van der Waals surface area contributed by atoms with Gasteiger partial charge in [-0.2, -0.15) is 0 Å². The highest BCUT2D eigenvalue weighted by Crippen LogP contribution is 2.35. The molecule has 1 fully saturated rings. The van der Waals surface area contributed by atoms with Gasteiger partial charge in [-0.05, 0) is 31.9 Å². The fourth-order valence-corrected chi connectivity index (χ4v) is 3.51. The van der Waals surface area contributed by atoms with E-state index in [-0.39, 0.29) is 23.4 Å². The first-order valence-electron chi connectivity index (χ1n) is 9.56. The largest absolute Gasteiger partial charge is 0.461 e. The predicted octanol–water partition coefficient (Wildman–Crippen LogP) is 3.33. The van der Waals surface area contributed by atoms with Crippen LogP contribution in [-0.4, -0.2) is 21.9 Å². The van der Waals surface area contributed by atoms with E-state index in [2.05, 4.69) is 34.3 Å². The van der Waals surface area contributed by atoms with Crippen molar-refractivity contribution in [1.29, 1.82) is 0 Å². The Morgan fingerprint density at radius 3 is 2.75 bits per heavy atom. The Balaban J connectivity index is 1.23. The fourth-order valence-electron chi connectivity index (χ4n) is 3.51. The summed E-state index contributed by atoms with van der Waals surface area (Å²) in [6.07, 6.45) is 4.04. The number of aromatic amines is 1. The standard InChI is InChI=1S/C22H23N3O3/c1-14-2-4-15(5-3-14)20-8-6-18(28-20)7-9-21(26)25-17-10-16(11-17)19-12-22(27)24-13-23-19/h2-6,8,12-13,16-17H,7,9-11H2,1H3,(H,25,26)(H,23,24,27). The number of aromatic nitrogens is 2. The Morgan fingerprint density at radius 2 is 2.00 bits per heavy atom. The lowest BCUT2D eigenvalue weighted by Crippen LogP contribution is -2.43. The minimum Gasteiger partial charge on any atom is -0.461 e. The molecule has 3 aromatic rings. The van der Waals surface area contributed by atoms with Crippen LogP contribution in [0.25, 0.3) is 11.3 Å². The molecule has 28 heavy (non-hydrogen) atoms. The van der Waals surface area contributed by atoms with Crippen molar-refractivity contribution in [3.63, 3.8) is 0 Å². The topological polar surface area (TPSA) is 88.0 Å². The summed E-state index contributed by atoms with van der Waals surface area (Å²) in [4.78, 5) is 30.3. The summed E-state index contributed by atoms with van der Waals surface area (Å²) in [5, 5.41) is 3.05. The fraction of sp³-hybridized carbons (Fsp3) is 0.318. The molecule has 2 aromatic heterocycles. The van der Waals surface area contributed by atoms with Gasteiger partial charge in [-0.15, -0.1) is 0 Å². The Kier molecular flexibility index (Phi) is 5.10. The Hall–Kier alpha value is -3.15. The first-order chi connectivity index (χ1) is 13.6. The molecule has 1 saturated carbocycles. The summed E-state index contributed by atoms with van der Waals surface area (Å²) in [6, 6.07) is 13.7. The minimum atomic E-state index is -0.138. The first-order valence-corrected chi connectivity index (χ1v) is 9.56. The van der Waals surface area contributed by atoms with Crippen molar-refractivity contribution < 1.29 is 9.21 Å². The molecule has 0 unspecified atom stereocenters. The highest BCUT2D eigenvalue weighted by Gasteiger charge is 2.32. The number of carbonyl (C=O) groups is 1. The van der Waals surface area contributed by atoms with Gasteiger partial charge in [0.15, 0.2) is 0 Å². The molecule has 1 aliphatic carbocycles. The molecule has 6 heteroatoms. The van der Waals surface area contributed by atoms with Gasteiger partial charge in [-0.25, -0.2) is 4.98 Å². The maximum atomic E-state index is 12.2. The van der Waals surface area contributed by atoms with Crippen molar-refractivity contribution >= 4 is 5.91 Å². The molecule has 1 aromatic carbocycles. The van der Waals surface area contributed by atoms with Gasteiger partial charge >= 0.3 is 0 Å². The number of hydrogen-bond donors (Lipinski definition) is 2. The number of furan rings is 1. The van der Waals surface area contributed by atoms with E-state index < -0.39 is 0 Å². The number of carbonyl (C=O) groups excluding carboxylic acids is 1. The molecule has 0 aliphatic heterocycles. The zero-order valence-corrected chi connectivity index (χ0v) is 15.8. The van der Waals surface area contributed by atoms with Crippen LogP contribution in [0.3, 0.4) is 0 Å². The minimum absolute atomic E-state index is 0.0237. The van der Waals surface area contributed by atoms with Crippen LogP contribution in [-0.2, 0) is 11.2 Å². The molecule has 0 bridgehead atoms. The number of nitrogens with zero attached hydrogens (tertiary/aromatic N) is 1. The van der Waals surface area contributed by atoms with E-state index in [0.717, 1.165) is 35.6 Å². The summed E-state index contributed by atoms with van der Waals surface area (Å²) in [6.45, 7) is 2.05. The van der Waals surface area contributed by atoms with Crippen molar-refractivity contribution in [2.24, 2.45) is 0 Å². The average molecular weight is 377 g/mol. The number of aryl methyl sites for hydroxylation is 2. The molecular weight excluding hydrogens is 354 g/mol. The Bertz CT molecular complexity index is 1010. The summed E-state index contributed by atoms with van der Waals surface area (Å²) >= 11 is 0. The third-order valence-electron chi connectivity index (χ3n) is 5.22. The van der Waals surface area contributed by atoms with E-state index in [1.165, 1.54) is 18.0 Å². The Labute approximate surface area is 163 Å². The molecule has 1 aliphatic rings. The second kappa shape index (κ2) is 7.84. The van der Waals surface area contributed by atoms with Crippen molar-refractivity contribution in [3.05, 3.63) is 76.2 Å². The van der Waals surface area contributed by atoms with Crippen LogP contribution in [0, 0.1) is 6.92 Å². The number of rotatable bonds is 6. The van der Waals surface area contributed by atoms with Gasteiger partial charge in [0.1, 0.15) is 11.5 Å². The number of benzene rings is 1. The molecule has 0 radical (unpaired) electrons. The summed E-state index contributed by atoms with van der Waals surface area (Å²) in [5.41, 5.74) is 2.91. The number of nitrogens with one attached hydrogen (secondary N) is 2. The average Bonchev–Trinajstić information content (AvgIpc) is 3.12. The van der Waals surface area contributed by atoms with Gasteiger partial charge in [0.2, 0.25) is 5.91 Å². The van der Waals surface area contributed by atoms with E-state index in [1.807, 2.05) is 24.3 Å².